The van der Waals surface area contributed by atoms with Gasteiger partial charge in [-0.2, -0.15) is 0 Å². The Labute approximate surface area is 146 Å². The molecule has 2 heterocycles. The quantitative estimate of drug-likeness (QED) is 0.845. The number of piperidine rings is 1. The van der Waals surface area contributed by atoms with E-state index < -0.39 is 5.82 Å². The van der Waals surface area contributed by atoms with Crippen molar-refractivity contribution in [3.63, 3.8) is 0 Å². The van der Waals surface area contributed by atoms with E-state index in [-0.39, 0.29) is 23.7 Å². The third kappa shape index (κ3) is 4.15. The Bertz CT molecular complexity index is 654. The fourth-order valence-electron chi connectivity index (χ4n) is 3.34. The van der Waals surface area contributed by atoms with Crippen LogP contribution in [-0.2, 0) is 9.53 Å². The van der Waals surface area contributed by atoms with Crippen molar-refractivity contribution in [2.24, 2.45) is 0 Å². The zero-order chi connectivity index (χ0) is 17.2. The topological polar surface area (TPSA) is 41.6 Å². The maximum atomic E-state index is 13.7. The first kappa shape index (κ1) is 17.4. The lowest BCUT2D eigenvalue weighted by Gasteiger charge is -2.42. The average Bonchev–Trinajstić information content (AvgIpc) is 2.53. The largest absolute Gasteiger partial charge is 0.370 e. The molecule has 0 saturated carbocycles. The molecule has 1 saturated heterocycles. The molecule has 1 spiro atoms. The molecule has 0 atom stereocenters. The third-order valence-electron chi connectivity index (χ3n) is 4.67. The van der Waals surface area contributed by atoms with Crippen LogP contribution in [0, 0.1) is 5.82 Å². The van der Waals surface area contributed by atoms with Crippen LogP contribution in [-0.4, -0.2) is 42.6 Å². The molecule has 2 aliphatic heterocycles. The molecule has 1 amide bonds. The van der Waals surface area contributed by atoms with Crippen LogP contribution in [0.1, 0.15) is 26.2 Å². The molecule has 24 heavy (non-hydrogen) atoms. The molecule has 1 aromatic carbocycles. The molecule has 6 heteroatoms. The summed E-state index contributed by atoms with van der Waals surface area (Å²) in [4.78, 5) is 14.2. The van der Waals surface area contributed by atoms with Crippen LogP contribution in [0.4, 0.5) is 10.1 Å². The number of ether oxygens (including phenoxy) is 1. The monoisotopic (exact) mass is 352 g/mol. The minimum absolute atomic E-state index is 0.155. The van der Waals surface area contributed by atoms with Crippen molar-refractivity contribution >= 4 is 23.2 Å². The van der Waals surface area contributed by atoms with Gasteiger partial charge in [0.15, 0.2) is 0 Å². The number of likely N-dealkylation sites (tertiary alicyclic amines) is 1. The average molecular weight is 353 g/mol. The molecule has 1 fully saturated rings. The summed E-state index contributed by atoms with van der Waals surface area (Å²) in [7, 11) is 0. The van der Waals surface area contributed by atoms with Gasteiger partial charge in [-0.1, -0.05) is 23.3 Å². The van der Waals surface area contributed by atoms with Crippen LogP contribution >= 0.6 is 11.6 Å². The maximum absolute atomic E-state index is 13.7. The van der Waals surface area contributed by atoms with Crippen molar-refractivity contribution in [1.29, 1.82) is 0 Å². The van der Waals surface area contributed by atoms with E-state index in [1.54, 1.807) is 6.07 Å². The van der Waals surface area contributed by atoms with Gasteiger partial charge in [-0.25, -0.2) is 4.39 Å². The zero-order valence-electron chi connectivity index (χ0n) is 13.8. The van der Waals surface area contributed by atoms with Crippen LogP contribution in [0.2, 0.25) is 5.02 Å². The van der Waals surface area contributed by atoms with Crippen molar-refractivity contribution in [3.05, 3.63) is 40.7 Å². The van der Waals surface area contributed by atoms with E-state index in [9.17, 15) is 9.18 Å². The lowest BCUT2D eigenvalue weighted by Crippen LogP contribution is -2.48. The number of nitrogens with zero attached hydrogens (tertiary/aromatic N) is 1. The molecular weight excluding hydrogens is 331 g/mol. The number of carbonyl (C=O) groups is 1. The van der Waals surface area contributed by atoms with E-state index in [4.69, 9.17) is 16.3 Å². The number of carbonyl (C=O) groups excluding carboxylic acids is 1. The van der Waals surface area contributed by atoms with E-state index >= 15 is 0 Å². The molecule has 1 N–H and O–H groups in total. The Kier molecular flexibility index (Phi) is 5.23. The number of halogens is 2. The van der Waals surface area contributed by atoms with Crippen LogP contribution in [0.3, 0.4) is 0 Å². The van der Waals surface area contributed by atoms with Crippen LogP contribution in [0.15, 0.2) is 29.8 Å². The second kappa shape index (κ2) is 7.21. The number of anilines is 1. The summed E-state index contributed by atoms with van der Waals surface area (Å²) in [6.45, 7) is 4.75. The van der Waals surface area contributed by atoms with Gasteiger partial charge < -0.3 is 10.1 Å². The Morgan fingerprint density at radius 3 is 2.83 bits per heavy atom. The predicted octanol–water partition coefficient (Wildman–Crippen LogP) is 3.62. The number of benzene rings is 1. The van der Waals surface area contributed by atoms with Crippen molar-refractivity contribution in [2.45, 2.75) is 31.8 Å². The van der Waals surface area contributed by atoms with Crippen LogP contribution in [0.25, 0.3) is 0 Å². The Hall–Kier alpha value is -1.43. The molecule has 2 aliphatic rings. The standard InChI is InChI=1S/C18H22ClFN2O2/c1-13-4-9-24-18(11-13)5-7-22(8-6-18)12-17(23)21-16-3-2-14(19)10-15(16)20/h2-3,10-11H,4-9,12H2,1H3,(H,21,23). The van der Waals surface area contributed by atoms with Gasteiger partial charge in [0.1, 0.15) is 5.82 Å². The molecular formula is C18H22ClFN2O2. The van der Waals surface area contributed by atoms with Gasteiger partial charge >= 0.3 is 0 Å². The molecule has 0 radical (unpaired) electrons. The van der Waals surface area contributed by atoms with Crippen molar-refractivity contribution in [3.8, 4) is 0 Å². The van der Waals surface area contributed by atoms with Crippen LogP contribution in [0.5, 0.6) is 0 Å². The third-order valence-corrected chi connectivity index (χ3v) is 4.91. The highest BCUT2D eigenvalue weighted by Gasteiger charge is 2.35. The minimum Gasteiger partial charge on any atom is -0.370 e. The zero-order valence-corrected chi connectivity index (χ0v) is 14.5. The number of hydrogen-bond donors (Lipinski definition) is 1. The van der Waals surface area contributed by atoms with Gasteiger partial charge in [0.05, 0.1) is 24.4 Å². The molecule has 1 aromatic rings. The van der Waals surface area contributed by atoms with Gasteiger partial charge in [0.2, 0.25) is 5.91 Å². The summed E-state index contributed by atoms with van der Waals surface area (Å²) < 4.78 is 19.7. The lowest BCUT2D eigenvalue weighted by molar-refractivity contribution is -0.119. The SMILES string of the molecule is CC1=CC2(CCN(CC(=O)Nc3ccc(Cl)cc3F)CC2)OCC1. The minimum atomic E-state index is -0.523. The van der Waals surface area contributed by atoms with Gasteiger partial charge in [0, 0.05) is 18.1 Å². The van der Waals surface area contributed by atoms with Crippen molar-refractivity contribution in [1.82, 2.24) is 4.90 Å². The Morgan fingerprint density at radius 2 is 2.17 bits per heavy atom. The summed E-state index contributed by atoms with van der Waals surface area (Å²) in [5.74, 6) is -0.742. The van der Waals surface area contributed by atoms with Gasteiger partial charge in [-0.3, -0.25) is 9.69 Å². The molecule has 0 aliphatic carbocycles. The maximum Gasteiger partial charge on any atom is 0.238 e. The first-order chi connectivity index (χ1) is 11.5. The second-order valence-electron chi connectivity index (χ2n) is 6.60. The fourth-order valence-corrected chi connectivity index (χ4v) is 3.50. The Balaban J connectivity index is 1.52. The highest BCUT2D eigenvalue weighted by Crippen LogP contribution is 2.32. The molecule has 0 aromatic heterocycles. The second-order valence-corrected chi connectivity index (χ2v) is 7.04. The van der Waals surface area contributed by atoms with Gasteiger partial charge in [0.25, 0.3) is 0 Å². The van der Waals surface area contributed by atoms with E-state index in [2.05, 4.69) is 23.2 Å². The number of hydrogen-bond acceptors (Lipinski definition) is 3. The molecule has 0 unspecified atom stereocenters. The number of nitrogens with one attached hydrogen (secondary N) is 1. The summed E-state index contributed by atoms with van der Waals surface area (Å²) in [6, 6.07) is 4.22. The van der Waals surface area contributed by atoms with Crippen LogP contribution < -0.4 is 5.32 Å². The van der Waals surface area contributed by atoms with Gasteiger partial charge in [-0.05, 0) is 44.4 Å². The fraction of sp³-hybridized carbons (Fsp3) is 0.500. The summed E-state index contributed by atoms with van der Waals surface area (Å²) in [6.07, 6.45) is 5.01. The summed E-state index contributed by atoms with van der Waals surface area (Å²) >= 11 is 5.71. The van der Waals surface area contributed by atoms with E-state index in [1.807, 2.05) is 0 Å². The molecule has 130 valence electrons. The normalized spacial score (nSPS) is 20.7. The number of amides is 1. The summed E-state index contributed by atoms with van der Waals surface area (Å²) in [5.41, 5.74) is 1.38. The smallest absolute Gasteiger partial charge is 0.238 e. The van der Waals surface area contributed by atoms with E-state index in [1.165, 1.54) is 17.7 Å². The first-order valence-electron chi connectivity index (χ1n) is 8.25. The number of rotatable bonds is 3. The Morgan fingerprint density at radius 1 is 1.42 bits per heavy atom. The predicted molar refractivity (Wildman–Crippen MR) is 92.8 cm³/mol. The highest BCUT2D eigenvalue weighted by atomic mass is 35.5. The highest BCUT2D eigenvalue weighted by molar-refractivity contribution is 6.30. The molecule has 4 nitrogen and oxygen atoms in total. The van der Waals surface area contributed by atoms with Crippen molar-refractivity contribution < 1.29 is 13.9 Å². The first-order valence-corrected chi connectivity index (χ1v) is 8.63. The lowest BCUT2D eigenvalue weighted by atomic mass is 9.87. The van der Waals surface area contributed by atoms with E-state index in [0.29, 0.717) is 5.02 Å². The van der Waals surface area contributed by atoms with Gasteiger partial charge in [-0.15, -0.1) is 0 Å². The van der Waals surface area contributed by atoms with Crippen molar-refractivity contribution in [2.75, 3.05) is 31.6 Å². The molecule has 3 rings (SSSR count). The van der Waals surface area contributed by atoms with E-state index in [0.717, 1.165) is 39.0 Å². The summed E-state index contributed by atoms with van der Waals surface area (Å²) in [5, 5.41) is 2.91. The molecule has 0 bridgehead atoms.